The predicted molar refractivity (Wildman–Crippen MR) is 107 cm³/mol. The van der Waals surface area contributed by atoms with Gasteiger partial charge in [-0.15, -0.1) is 0 Å². The summed E-state index contributed by atoms with van der Waals surface area (Å²) in [5, 5.41) is 0.373. The van der Waals surface area contributed by atoms with Gasteiger partial charge in [-0.05, 0) is 42.5 Å². The quantitative estimate of drug-likeness (QED) is 0.533. The summed E-state index contributed by atoms with van der Waals surface area (Å²) in [5.41, 5.74) is 0.576. The molecule has 146 valence electrons. The van der Waals surface area contributed by atoms with Crippen molar-refractivity contribution in [3.63, 3.8) is 0 Å². The molecule has 29 heavy (non-hydrogen) atoms. The van der Waals surface area contributed by atoms with E-state index in [9.17, 15) is 18.0 Å². The SMILES string of the molecule is O=C(c1cccnc1)n1c(=O)oc2cc(S(=O)(=O)Nc3cccc(Cl)c3)ccc21. The third-order valence-corrected chi connectivity index (χ3v) is 5.66. The van der Waals surface area contributed by atoms with Crippen molar-refractivity contribution in [1.29, 1.82) is 0 Å². The number of sulfonamides is 1. The molecule has 0 fully saturated rings. The Morgan fingerprint density at radius 3 is 2.66 bits per heavy atom. The van der Waals surface area contributed by atoms with Gasteiger partial charge in [0.05, 0.1) is 21.7 Å². The molecule has 4 aromatic rings. The molecule has 1 N–H and O–H groups in total. The van der Waals surface area contributed by atoms with Gasteiger partial charge >= 0.3 is 5.76 Å². The summed E-state index contributed by atoms with van der Waals surface area (Å²) in [5.74, 6) is -1.55. The topological polar surface area (TPSA) is 111 Å². The van der Waals surface area contributed by atoms with E-state index in [0.717, 1.165) is 4.57 Å². The fourth-order valence-electron chi connectivity index (χ4n) is 2.74. The number of nitrogens with one attached hydrogen (secondary N) is 1. The number of rotatable bonds is 4. The third kappa shape index (κ3) is 3.65. The van der Waals surface area contributed by atoms with Crippen LogP contribution in [0.5, 0.6) is 0 Å². The maximum absolute atomic E-state index is 12.6. The monoisotopic (exact) mass is 429 g/mol. The van der Waals surface area contributed by atoms with Crippen molar-refractivity contribution in [2.45, 2.75) is 4.90 Å². The third-order valence-electron chi connectivity index (χ3n) is 4.05. The van der Waals surface area contributed by atoms with Gasteiger partial charge in [0.15, 0.2) is 5.58 Å². The summed E-state index contributed by atoms with van der Waals surface area (Å²) in [6, 6.07) is 13.1. The highest BCUT2D eigenvalue weighted by Gasteiger charge is 2.21. The summed E-state index contributed by atoms with van der Waals surface area (Å²) in [4.78, 5) is 28.6. The average Bonchev–Trinajstić information content (AvgIpc) is 3.02. The van der Waals surface area contributed by atoms with E-state index in [2.05, 4.69) is 9.71 Å². The van der Waals surface area contributed by atoms with Crippen LogP contribution in [0.4, 0.5) is 5.69 Å². The van der Waals surface area contributed by atoms with Gasteiger partial charge in [-0.3, -0.25) is 14.5 Å². The van der Waals surface area contributed by atoms with Gasteiger partial charge in [-0.25, -0.2) is 17.8 Å². The average molecular weight is 430 g/mol. The van der Waals surface area contributed by atoms with Crippen LogP contribution in [0.25, 0.3) is 11.1 Å². The first kappa shape index (κ1) is 18.9. The van der Waals surface area contributed by atoms with Crippen molar-refractivity contribution in [2.75, 3.05) is 4.72 Å². The van der Waals surface area contributed by atoms with E-state index in [0.29, 0.717) is 5.02 Å². The molecule has 8 nitrogen and oxygen atoms in total. The lowest BCUT2D eigenvalue weighted by molar-refractivity contribution is 0.0956. The normalized spacial score (nSPS) is 11.5. The minimum Gasteiger partial charge on any atom is -0.407 e. The molecule has 0 saturated carbocycles. The Kier molecular flexibility index (Phi) is 4.69. The van der Waals surface area contributed by atoms with Gasteiger partial charge in [0.25, 0.3) is 15.9 Å². The minimum absolute atomic E-state index is 0.0405. The zero-order valence-electron chi connectivity index (χ0n) is 14.6. The molecule has 2 heterocycles. The summed E-state index contributed by atoms with van der Waals surface area (Å²) < 4.78 is 33.6. The highest BCUT2D eigenvalue weighted by Crippen LogP contribution is 2.23. The maximum atomic E-state index is 12.6. The number of nitrogens with zero attached hydrogens (tertiary/aromatic N) is 2. The predicted octanol–water partition coefficient (Wildman–Crippen LogP) is 3.13. The van der Waals surface area contributed by atoms with Crippen LogP contribution < -0.4 is 10.5 Å². The number of anilines is 1. The number of carbonyl (C=O) groups excluding carboxylic acids is 1. The molecule has 0 bridgehead atoms. The Bertz CT molecular complexity index is 1390. The van der Waals surface area contributed by atoms with E-state index < -0.39 is 21.7 Å². The molecular formula is C19H12ClN3O5S. The van der Waals surface area contributed by atoms with Crippen LogP contribution in [-0.2, 0) is 10.0 Å². The van der Waals surface area contributed by atoms with E-state index in [-0.39, 0.29) is 27.2 Å². The van der Waals surface area contributed by atoms with Crippen LogP contribution in [-0.4, -0.2) is 23.9 Å². The second-order valence-electron chi connectivity index (χ2n) is 6.00. The molecule has 10 heteroatoms. The number of carbonyl (C=O) groups is 1. The van der Waals surface area contributed by atoms with Crippen LogP contribution in [0.3, 0.4) is 0 Å². The van der Waals surface area contributed by atoms with E-state index in [4.69, 9.17) is 16.0 Å². The highest BCUT2D eigenvalue weighted by molar-refractivity contribution is 7.92. The lowest BCUT2D eigenvalue weighted by Gasteiger charge is -2.08. The van der Waals surface area contributed by atoms with Gasteiger partial charge in [0.2, 0.25) is 0 Å². The Balaban J connectivity index is 1.74. The molecule has 4 rings (SSSR count). The lowest BCUT2D eigenvalue weighted by atomic mass is 10.2. The Labute approximate surface area is 169 Å². The summed E-state index contributed by atoms with van der Waals surface area (Å²) in [6.07, 6.45) is 2.82. The van der Waals surface area contributed by atoms with Crippen LogP contribution in [0, 0.1) is 0 Å². The molecule has 0 spiro atoms. The standard InChI is InChI=1S/C19H12ClN3O5S/c20-13-4-1-5-14(9-13)22-29(26,27)15-6-7-16-17(10-15)28-19(25)23(16)18(24)12-3-2-8-21-11-12/h1-11,22H. The van der Waals surface area contributed by atoms with Crippen molar-refractivity contribution in [3.8, 4) is 0 Å². The van der Waals surface area contributed by atoms with Crippen molar-refractivity contribution in [2.24, 2.45) is 0 Å². The first-order chi connectivity index (χ1) is 13.8. The van der Waals surface area contributed by atoms with E-state index in [1.54, 1.807) is 24.3 Å². The highest BCUT2D eigenvalue weighted by atomic mass is 35.5. The second kappa shape index (κ2) is 7.19. The van der Waals surface area contributed by atoms with E-state index in [1.165, 1.54) is 42.7 Å². The summed E-state index contributed by atoms with van der Waals surface area (Å²) in [7, 11) is -3.97. The lowest BCUT2D eigenvalue weighted by Crippen LogP contribution is -2.23. The van der Waals surface area contributed by atoms with Crippen LogP contribution in [0.1, 0.15) is 10.4 Å². The van der Waals surface area contributed by atoms with Gasteiger partial charge in [0, 0.05) is 23.5 Å². The Hall–Kier alpha value is -3.43. The van der Waals surface area contributed by atoms with E-state index in [1.807, 2.05) is 0 Å². The van der Waals surface area contributed by atoms with Crippen LogP contribution >= 0.6 is 11.6 Å². The summed E-state index contributed by atoms with van der Waals surface area (Å²) >= 11 is 5.87. The van der Waals surface area contributed by atoms with Gasteiger partial charge in [-0.1, -0.05) is 17.7 Å². The molecule has 0 amide bonds. The largest absolute Gasteiger partial charge is 0.427 e. The first-order valence-corrected chi connectivity index (χ1v) is 10.1. The first-order valence-electron chi connectivity index (χ1n) is 8.24. The molecule has 2 aromatic heterocycles. The molecule has 0 saturated heterocycles. The van der Waals surface area contributed by atoms with Gasteiger partial charge in [0.1, 0.15) is 0 Å². The number of hydrogen-bond donors (Lipinski definition) is 1. The number of pyridine rings is 1. The van der Waals surface area contributed by atoms with Crippen molar-refractivity contribution in [3.05, 3.63) is 88.1 Å². The van der Waals surface area contributed by atoms with Gasteiger partial charge in [-0.2, -0.15) is 0 Å². The zero-order valence-corrected chi connectivity index (χ0v) is 16.1. The Morgan fingerprint density at radius 2 is 1.93 bits per heavy atom. The molecule has 0 atom stereocenters. The molecule has 0 aliphatic heterocycles. The van der Waals surface area contributed by atoms with Gasteiger partial charge < -0.3 is 4.42 Å². The Morgan fingerprint density at radius 1 is 1.10 bits per heavy atom. The molecule has 0 aliphatic carbocycles. The molecule has 0 unspecified atom stereocenters. The number of halogens is 1. The number of hydrogen-bond acceptors (Lipinski definition) is 6. The second-order valence-corrected chi connectivity index (χ2v) is 8.11. The fraction of sp³-hybridized carbons (Fsp3) is 0. The number of benzene rings is 2. The molecule has 2 aromatic carbocycles. The van der Waals surface area contributed by atoms with Crippen LogP contribution in [0.15, 0.2) is 81.1 Å². The zero-order chi connectivity index (χ0) is 20.6. The fourth-order valence-corrected chi connectivity index (χ4v) is 4.00. The van der Waals surface area contributed by atoms with Crippen molar-refractivity contribution >= 4 is 44.3 Å². The van der Waals surface area contributed by atoms with Crippen molar-refractivity contribution in [1.82, 2.24) is 9.55 Å². The molecule has 0 radical (unpaired) electrons. The smallest absolute Gasteiger partial charge is 0.407 e. The number of oxazole rings is 1. The minimum atomic E-state index is -3.97. The van der Waals surface area contributed by atoms with Crippen molar-refractivity contribution < 1.29 is 17.6 Å². The molecule has 0 aliphatic rings. The molecular weight excluding hydrogens is 418 g/mol. The maximum Gasteiger partial charge on any atom is 0.427 e. The van der Waals surface area contributed by atoms with E-state index >= 15 is 0 Å². The van der Waals surface area contributed by atoms with Crippen LogP contribution in [0.2, 0.25) is 5.02 Å². The summed E-state index contributed by atoms with van der Waals surface area (Å²) in [6.45, 7) is 0. The number of fused-ring (bicyclic) bond motifs is 1. The number of aromatic nitrogens is 2.